The predicted molar refractivity (Wildman–Crippen MR) is 134 cm³/mol. The summed E-state index contributed by atoms with van der Waals surface area (Å²) >= 11 is 2.07. The molecule has 1 aromatic rings. The first-order chi connectivity index (χ1) is 17.5. The Morgan fingerprint density at radius 2 is 1.51 bits per heavy atom. The molecule has 2 heterocycles. The molecule has 198 valence electrons. The molecule has 2 aliphatic heterocycles. The Labute approximate surface area is 221 Å². The largest absolute Gasteiger partial charge is 0.463 e. The third-order valence-corrected chi connectivity index (χ3v) is 7.08. The van der Waals surface area contributed by atoms with Crippen molar-refractivity contribution >= 4 is 63.8 Å². The molecule has 0 saturated carbocycles. The van der Waals surface area contributed by atoms with Crippen LogP contribution in [-0.2, 0) is 47.7 Å². The summed E-state index contributed by atoms with van der Waals surface area (Å²) in [5.74, 6) is -3.23. The van der Waals surface area contributed by atoms with E-state index in [4.69, 9.17) is 23.7 Å². The third-order valence-electron chi connectivity index (χ3n) is 4.86. The lowest BCUT2D eigenvalue weighted by Crippen LogP contribution is -2.61. The number of thioether (sulfide) groups is 2. The number of carbonyl (C=O) groups is 5. The molecule has 13 heteroatoms. The quantitative estimate of drug-likeness (QED) is 0.279. The van der Waals surface area contributed by atoms with E-state index in [0.717, 1.165) is 49.9 Å². The van der Waals surface area contributed by atoms with Crippen LogP contribution in [-0.4, -0.2) is 70.6 Å². The molecule has 0 unspecified atom stereocenters. The standard InChI is InChI=1S/C24H25NO10S2/c1-12(26)31-11-17-19(32-13(2)27)20(33-14(3)28)21(34-15(4)29)23(35-17)37-24-25-22(30)18(36-24)10-16-8-6-5-7-9-16/h5-10,17,19-21,23H,11H2,1-4H3/b18-10+/t17-,19-,20-,21-,23-/m0/s1. The summed E-state index contributed by atoms with van der Waals surface area (Å²) in [6.07, 6.45) is -3.18. The number of ether oxygens (including phenoxy) is 5. The number of rotatable bonds is 7. The van der Waals surface area contributed by atoms with Gasteiger partial charge in [0.1, 0.15) is 17.1 Å². The molecule has 3 rings (SSSR count). The summed E-state index contributed by atoms with van der Waals surface area (Å²) in [5, 5.41) is 0. The van der Waals surface area contributed by atoms with E-state index in [1.165, 1.54) is 6.92 Å². The molecule has 0 spiro atoms. The molecule has 1 fully saturated rings. The van der Waals surface area contributed by atoms with Crippen LogP contribution in [0.5, 0.6) is 0 Å². The van der Waals surface area contributed by atoms with Gasteiger partial charge in [-0.15, -0.1) is 0 Å². The number of aliphatic imine (C=N–C) groups is 1. The van der Waals surface area contributed by atoms with E-state index in [1.807, 2.05) is 30.3 Å². The maximum absolute atomic E-state index is 12.5. The number of benzene rings is 1. The van der Waals surface area contributed by atoms with Crippen LogP contribution in [0.3, 0.4) is 0 Å². The molecular formula is C24H25NO10S2. The number of esters is 4. The molecule has 1 aromatic carbocycles. The van der Waals surface area contributed by atoms with Crippen molar-refractivity contribution in [3.63, 3.8) is 0 Å². The van der Waals surface area contributed by atoms with E-state index in [1.54, 1.807) is 6.08 Å². The second-order valence-electron chi connectivity index (χ2n) is 7.89. The first-order valence-corrected chi connectivity index (χ1v) is 12.8. The molecule has 0 N–H and O–H groups in total. The third kappa shape index (κ3) is 8.17. The zero-order chi connectivity index (χ0) is 27.1. The smallest absolute Gasteiger partial charge is 0.303 e. The molecule has 1 saturated heterocycles. The summed E-state index contributed by atoms with van der Waals surface area (Å²) in [5.41, 5.74) is -0.247. The topological polar surface area (TPSA) is 144 Å². The minimum atomic E-state index is -1.29. The van der Waals surface area contributed by atoms with Crippen molar-refractivity contribution in [1.29, 1.82) is 0 Å². The van der Waals surface area contributed by atoms with Gasteiger partial charge in [-0.2, -0.15) is 4.99 Å². The average Bonchev–Trinajstić information content (AvgIpc) is 3.14. The minimum absolute atomic E-state index is 0.299. The van der Waals surface area contributed by atoms with Crippen LogP contribution in [0.25, 0.3) is 6.08 Å². The van der Waals surface area contributed by atoms with E-state index < -0.39 is 59.6 Å². The first-order valence-electron chi connectivity index (χ1n) is 11.1. The minimum Gasteiger partial charge on any atom is -0.463 e. The summed E-state index contributed by atoms with van der Waals surface area (Å²) in [7, 11) is 0. The van der Waals surface area contributed by atoms with Crippen LogP contribution in [0.15, 0.2) is 40.2 Å². The van der Waals surface area contributed by atoms with E-state index in [9.17, 15) is 24.0 Å². The molecule has 0 bridgehead atoms. The van der Waals surface area contributed by atoms with Crippen molar-refractivity contribution in [3.8, 4) is 0 Å². The summed E-state index contributed by atoms with van der Waals surface area (Å²) in [6.45, 7) is 4.30. The van der Waals surface area contributed by atoms with Gasteiger partial charge in [0.05, 0.1) is 4.91 Å². The second-order valence-corrected chi connectivity index (χ2v) is 10.3. The lowest BCUT2D eigenvalue weighted by molar-refractivity contribution is -0.237. The van der Waals surface area contributed by atoms with Crippen molar-refractivity contribution in [2.24, 2.45) is 4.99 Å². The van der Waals surface area contributed by atoms with Crippen molar-refractivity contribution in [3.05, 3.63) is 40.8 Å². The number of carbonyl (C=O) groups excluding carboxylic acids is 5. The Morgan fingerprint density at radius 3 is 2.11 bits per heavy atom. The highest BCUT2D eigenvalue weighted by Gasteiger charge is 2.53. The van der Waals surface area contributed by atoms with Gasteiger partial charge in [0.15, 0.2) is 23.7 Å². The highest BCUT2D eigenvalue weighted by molar-refractivity contribution is 8.41. The van der Waals surface area contributed by atoms with Gasteiger partial charge in [0.2, 0.25) is 0 Å². The Balaban J connectivity index is 1.90. The van der Waals surface area contributed by atoms with Gasteiger partial charge in [0.25, 0.3) is 5.91 Å². The fraction of sp³-hybridized carbons (Fsp3) is 0.417. The number of nitrogens with zero attached hydrogens (tertiary/aromatic N) is 1. The molecule has 2 aliphatic rings. The van der Waals surface area contributed by atoms with Crippen molar-refractivity contribution in [2.75, 3.05) is 6.61 Å². The average molecular weight is 552 g/mol. The number of hydrogen-bond donors (Lipinski definition) is 0. The Bertz CT molecular complexity index is 1120. The number of amides is 1. The summed E-state index contributed by atoms with van der Waals surface area (Å²) in [4.78, 5) is 64.1. The van der Waals surface area contributed by atoms with Gasteiger partial charge in [-0.1, -0.05) is 53.9 Å². The zero-order valence-corrected chi connectivity index (χ0v) is 22.0. The van der Waals surface area contributed by atoms with Gasteiger partial charge in [-0.3, -0.25) is 24.0 Å². The SMILES string of the molecule is CC(=O)OC[C@@H]1O[C@@H](SC2=NC(=O)/C(=C\c3ccccc3)S2)[C@@H](OC(C)=O)[C@@H](OC(C)=O)[C@H]1OC(C)=O. The van der Waals surface area contributed by atoms with E-state index in [2.05, 4.69) is 4.99 Å². The summed E-state index contributed by atoms with van der Waals surface area (Å²) in [6, 6.07) is 9.21. The van der Waals surface area contributed by atoms with Crippen LogP contribution in [0, 0.1) is 0 Å². The van der Waals surface area contributed by atoms with Gasteiger partial charge in [-0.25, -0.2) is 0 Å². The van der Waals surface area contributed by atoms with Gasteiger partial charge < -0.3 is 23.7 Å². The van der Waals surface area contributed by atoms with Crippen molar-refractivity contribution in [2.45, 2.75) is 57.5 Å². The van der Waals surface area contributed by atoms with Crippen LogP contribution < -0.4 is 0 Å². The molecule has 0 radical (unpaired) electrons. The van der Waals surface area contributed by atoms with E-state index in [-0.39, 0.29) is 6.61 Å². The van der Waals surface area contributed by atoms with Crippen LogP contribution in [0.4, 0.5) is 0 Å². The highest BCUT2D eigenvalue weighted by atomic mass is 32.2. The molecule has 0 aromatic heterocycles. The molecule has 1 amide bonds. The predicted octanol–water partition coefficient (Wildman–Crippen LogP) is 2.47. The van der Waals surface area contributed by atoms with Gasteiger partial charge in [0, 0.05) is 27.7 Å². The molecular weight excluding hydrogens is 526 g/mol. The Morgan fingerprint density at radius 1 is 0.919 bits per heavy atom. The first kappa shape index (κ1) is 28.4. The zero-order valence-electron chi connectivity index (χ0n) is 20.4. The molecule has 5 atom stereocenters. The second kappa shape index (κ2) is 12.9. The van der Waals surface area contributed by atoms with Crippen molar-refractivity contribution in [1.82, 2.24) is 0 Å². The fourth-order valence-corrected chi connectivity index (χ4v) is 5.79. The Kier molecular flexibility index (Phi) is 9.89. The van der Waals surface area contributed by atoms with E-state index >= 15 is 0 Å². The molecule has 0 aliphatic carbocycles. The van der Waals surface area contributed by atoms with Crippen LogP contribution in [0.2, 0.25) is 0 Å². The molecule has 11 nitrogen and oxygen atoms in total. The van der Waals surface area contributed by atoms with Crippen molar-refractivity contribution < 1.29 is 47.7 Å². The summed E-state index contributed by atoms with van der Waals surface area (Å²) < 4.78 is 27.6. The highest BCUT2D eigenvalue weighted by Crippen LogP contribution is 2.41. The maximum Gasteiger partial charge on any atom is 0.303 e. The normalized spacial score (nSPS) is 26.3. The van der Waals surface area contributed by atoms with Crippen LogP contribution >= 0.6 is 23.5 Å². The van der Waals surface area contributed by atoms with Crippen LogP contribution in [0.1, 0.15) is 33.3 Å². The Hall–Kier alpha value is -3.16. The fourth-order valence-electron chi connectivity index (χ4n) is 3.52. The maximum atomic E-state index is 12.5. The van der Waals surface area contributed by atoms with Gasteiger partial charge >= 0.3 is 23.9 Å². The lowest BCUT2D eigenvalue weighted by Gasteiger charge is -2.44. The molecule has 37 heavy (non-hydrogen) atoms. The van der Waals surface area contributed by atoms with E-state index in [0.29, 0.717) is 9.28 Å². The van der Waals surface area contributed by atoms with Gasteiger partial charge in [-0.05, 0) is 11.6 Å². The lowest BCUT2D eigenvalue weighted by atomic mass is 9.99. The number of hydrogen-bond acceptors (Lipinski definition) is 12. The monoisotopic (exact) mass is 551 g/mol.